The minimum atomic E-state index is -0.423. The van der Waals surface area contributed by atoms with Gasteiger partial charge >= 0.3 is 5.97 Å². The van der Waals surface area contributed by atoms with E-state index in [1.165, 1.54) is 0 Å². The Bertz CT molecular complexity index is 435. The van der Waals surface area contributed by atoms with Gasteiger partial charge in [0.05, 0.1) is 19.3 Å². The summed E-state index contributed by atoms with van der Waals surface area (Å²) in [6, 6.07) is 0.161. The Morgan fingerprint density at radius 1 is 1.74 bits per heavy atom. The Kier molecular flexibility index (Phi) is 5.82. The summed E-state index contributed by atoms with van der Waals surface area (Å²) in [5.74, 6) is -0.206. The normalized spacial score (nSPS) is 18.2. The Hall–Kier alpha value is -2.07. The molecule has 7 heteroatoms. The Morgan fingerprint density at radius 2 is 2.47 bits per heavy atom. The SMILES string of the molecule is C#N.CCOC(=O)c1cn([C@@H]2CCCOC2)nc1N. The van der Waals surface area contributed by atoms with Crippen molar-refractivity contribution in [2.75, 3.05) is 25.6 Å². The Morgan fingerprint density at radius 3 is 3.05 bits per heavy atom. The van der Waals surface area contributed by atoms with Crippen LogP contribution in [0.15, 0.2) is 6.20 Å². The summed E-state index contributed by atoms with van der Waals surface area (Å²) in [7, 11) is 0. The lowest BCUT2D eigenvalue weighted by atomic mass is 10.1. The number of hydrogen-bond acceptors (Lipinski definition) is 6. The maximum Gasteiger partial charge on any atom is 0.343 e. The number of anilines is 1. The molecule has 0 radical (unpaired) electrons. The summed E-state index contributed by atoms with van der Waals surface area (Å²) < 4.78 is 12.0. The van der Waals surface area contributed by atoms with Crippen LogP contribution in [0.3, 0.4) is 0 Å². The van der Waals surface area contributed by atoms with Gasteiger partial charge in [0, 0.05) is 19.4 Å². The van der Waals surface area contributed by atoms with Crippen LogP contribution in [0.5, 0.6) is 0 Å². The van der Waals surface area contributed by atoms with E-state index < -0.39 is 5.97 Å². The lowest BCUT2D eigenvalue weighted by Gasteiger charge is -2.22. The number of carbonyl (C=O) groups excluding carboxylic acids is 1. The number of nitrogens with zero attached hydrogens (tertiary/aromatic N) is 3. The summed E-state index contributed by atoms with van der Waals surface area (Å²) in [5, 5.41) is 10.7. The molecule has 1 aliphatic rings. The molecule has 0 aliphatic carbocycles. The lowest BCUT2D eigenvalue weighted by Crippen LogP contribution is -2.21. The molecule has 0 spiro atoms. The van der Waals surface area contributed by atoms with Gasteiger partial charge in [-0.3, -0.25) is 4.68 Å². The van der Waals surface area contributed by atoms with Gasteiger partial charge in [-0.15, -0.1) is 0 Å². The number of nitrogen functional groups attached to an aromatic ring is 1. The Labute approximate surface area is 111 Å². The van der Waals surface area contributed by atoms with E-state index in [0.717, 1.165) is 19.4 Å². The highest BCUT2D eigenvalue weighted by molar-refractivity contribution is 5.93. The molecule has 1 atom stereocenters. The predicted molar refractivity (Wildman–Crippen MR) is 68.4 cm³/mol. The number of esters is 1. The van der Waals surface area contributed by atoms with Crippen molar-refractivity contribution in [1.82, 2.24) is 9.78 Å². The molecule has 2 heterocycles. The highest BCUT2D eigenvalue weighted by atomic mass is 16.5. The van der Waals surface area contributed by atoms with Crippen molar-refractivity contribution in [3.63, 3.8) is 0 Å². The monoisotopic (exact) mass is 266 g/mol. The van der Waals surface area contributed by atoms with Crippen molar-refractivity contribution in [3.05, 3.63) is 11.8 Å². The van der Waals surface area contributed by atoms with E-state index in [4.69, 9.17) is 20.5 Å². The zero-order chi connectivity index (χ0) is 14.3. The molecule has 1 aromatic heterocycles. The first-order valence-electron chi connectivity index (χ1n) is 6.07. The molecule has 1 fully saturated rings. The summed E-state index contributed by atoms with van der Waals surface area (Å²) in [6.07, 6.45) is 3.63. The summed E-state index contributed by atoms with van der Waals surface area (Å²) in [4.78, 5) is 11.6. The number of carbonyl (C=O) groups is 1. The minimum absolute atomic E-state index is 0.161. The van der Waals surface area contributed by atoms with Gasteiger partial charge in [0.15, 0.2) is 5.82 Å². The van der Waals surface area contributed by atoms with E-state index >= 15 is 0 Å². The molecule has 7 nitrogen and oxygen atoms in total. The first kappa shape index (κ1) is 15.0. The average molecular weight is 266 g/mol. The van der Waals surface area contributed by atoms with Gasteiger partial charge in [-0.25, -0.2) is 10.1 Å². The van der Waals surface area contributed by atoms with Gasteiger partial charge in [-0.1, -0.05) is 0 Å². The molecule has 104 valence electrons. The van der Waals surface area contributed by atoms with Gasteiger partial charge in [0.2, 0.25) is 0 Å². The minimum Gasteiger partial charge on any atom is -0.462 e. The van der Waals surface area contributed by atoms with Crippen molar-refractivity contribution in [1.29, 1.82) is 5.26 Å². The van der Waals surface area contributed by atoms with Gasteiger partial charge in [0.1, 0.15) is 5.56 Å². The van der Waals surface area contributed by atoms with Crippen LogP contribution in [-0.2, 0) is 9.47 Å². The molecule has 1 aromatic rings. The third-order valence-electron chi connectivity index (χ3n) is 2.77. The first-order valence-corrected chi connectivity index (χ1v) is 6.07. The van der Waals surface area contributed by atoms with E-state index in [2.05, 4.69) is 11.7 Å². The molecular weight excluding hydrogens is 248 g/mol. The van der Waals surface area contributed by atoms with Crippen LogP contribution in [0.2, 0.25) is 0 Å². The molecule has 2 rings (SSSR count). The largest absolute Gasteiger partial charge is 0.462 e. The average Bonchev–Trinajstić information content (AvgIpc) is 2.84. The van der Waals surface area contributed by atoms with Crippen LogP contribution in [-0.4, -0.2) is 35.6 Å². The van der Waals surface area contributed by atoms with Crippen molar-refractivity contribution in [3.8, 4) is 6.57 Å². The third kappa shape index (κ3) is 3.69. The van der Waals surface area contributed by atoms with Crippen molar-refractivity contribution >= 4 is 11.8 Å². The first-order chi connectivity index (χ1) is 9.22. The zero-order valence-corrected chi connectivity index (χ0v) is 10.9. The second-order valence-electron chi connectivity index (χ2n) is 4.00. The molecular formula is C12H18N4O3. The second kappa shape index (κ2) is 7.38. The molecule has 0 unspecified atom stereocenters. The fourth-order valence-corrected chi connectivity index (χ4v) is 1.89. The van der Waals surface area contributed by atoms with E-state index in [1.807, 2.05) is 0 Å². The lowest BCUT2D eigenvalue weighted by molar-refractivity contribution is 0.0516. The standard InChI is InChI=1S/C11H17N3O3.CHN/c1-2-17-11(15)9-6-14(13-10(9)12)8-4-3-5-16-7-8;1-2/h6,8H,2-5,7H2,1H3,(H2,12,13);1H/t8-;/m1./s1. The number of ether oxygens (including phenoxy) is 2. The van der Waals surface area contributed by atoms with Crippen molar-refractivity contribution in [2.45, 2.75) is 25.8 Å². The van der Waals surface area contributed by atoms with Gasteiger partial charge in [-0.05, 0) is 19.8 Å². The fraction of sp³-hybridized carbons (Fsp3) is 0.583. The van der Waals surface area contributed by atoms with E-state index in [0.29, 0.717) is 18.8 Å². The molecule has 2 N–H and O–H groups in total. The quantitative estimate of drug-likeness (QED) is 0.822. The number of nitriles is 1. The smallest absolute Gasteiger partial charge is 0.343 e. The highest BCUT2D eigenvalue weighted by Gasteiger charge is 2.21. The molecule has 0 amide bonds. The van der Waals surface area contributed by atoms with Crippen molar-refractivity contribution < 1.29 is 14.3 Å². The van der Waals surface area contributed by atoms with Crippen LogP contribution in [0.1, 0.15) is 36.2 Å². The van der Waals surface area contributed by atoms with E-state index in [1.54, 1.807) is 17.8 Å². The van der Waals surface area contributed by atoms with E-state index in [-0.39, 0.29) is 11.9 Å². The number of nitrogens with two attached hydrogens (primary N) is 1. The maximum atomic E-state index is 11.6. The molecule has 0 saturated carbocycles. The van der Waals surface area contributed by atoms with E-state index in [9.17, 15) is 4.79 Å². The molecule has 0 aromatic carbocycles. The summed E-state index contributed by atoms with van der Waals surface area (Å²) in [6.45, 7) is 6.99. The van der Waals surface area contributed by atoms with Crippen LogP contribution in [0, 0.1) is 11.8 Å². The Balaban J connectivity index is 0.000000861. The van der Waals surface area contributed by atoms with Crippen LogP contribution in [0.25, 0.3) is 0 Å². The molecule has 19 heavy (non-hydrogen) atoms. The molecule has 0 bridgehead atoms. The summed E-state index contributed by atoms with van der Waals surface area (Å²) in [5.41, 5.74) is 6.04. The van der Waals surface area contributed by atoms with Gasteiger partial charge in [0.25, 0.3) is 0 Å². The van der Waals surface area contributed by atoms with Gasteiger partial charge < -0.3 is 15.2 Å². The topological polar surface area (TPSA) is 103 Å². The number of rotatable bonds is 3. The molecule has 1 saturated heterocycles. The van der Waals surface area contributed by atoms with Crippen LogP contribution in [0.4, 0.5) is 5.82 Å². The number of hydrogen-bond donors (Lipinski definition) is 1. The summed E-state index contributed by atoms with van der Waals surface area (Å²) >= 11 is 0. The predicted octanol–water partition coefficient (Wildman–Crippen LogP) is 1.13. The third-order valence-corrected chi connectivity index (χ3v) is 2.77. The van der Waals surface area contributed by atoms with Crippen molar-refractivity contribution in [2.24, 2.45) is 0 Å². The van der Waals surface area contributed by atoms with Crippen LogP contribution < -0.4 is 5.73 Å². The molecule has 1 aliphatic heterocycles. The fourth-order valence-electron chi connectivity index (χ4n) is 1.89. The van der Waals surface area contributed by atoms with Crippen LogP contribution >= 0.6 is 0 Å². The highest BCUT2D eigenvalue weighted by Crippen LogP contribution is 2.21. The van der Waals surface area contributed by atoms with Gasteiger partial charge in [-0.2, -0.15) is 5.10 Å². The number of aromatic nitrogens is 2. The maximum absolute atomic E-state index is 11.6. The zero-order valence-electron chi connectivity index (χ0n) is 10.9. The second-order valence-corrected chi connectivity index (χ2v) is 4.00.